The van der Waals surface area contributed by atoms with Gasteiger partial charge in [-0.2, -0.15) is 0 Å². The number of para-hydroxylation sites is 1. The van der Waals surface area contributed by atoms with Crippen LogP contribution in [0.15, 0.2) is 59.6 Å². The quantitative estimate of drug-likeness (QED) is 0.210. The summed E-state index contributed by atoms with van der Waals surface area (Å²) < 4.78 is 5.19. The van der Waals surface area contributed by atoms with Crippen LogP contribution < -0.4 is 20.3 Å². The SMILES string of the molecule is COc1ccc(CN=C(NCCCN(C)c2ccccc2)NCC(=O)N(C)C)cc1.I. The standard InChI is InChI=1S/C23H33N5O2.HI/c1-27(2)22(29)18-26-23(25-17-19-11-13-21(30-4)14-12-19)24-15-8-16-28(3)20-9-6-5-7-10-20;/h5-7,9-14H,8,15-18H2,1-4H3,(H2,24,25,26);1H. The normalized spacial score (nSPS) is 10.6. The zero-order valence-corrected chi connectivity index (χ0v) is 21.1. The Morgan fingerprint density at radius 3 is 2.29 bits per heavy atom. The van der Waals surface area contributed by atoms with Gasteiger partial charge in [-0.3, -0.25) is 4.79 Å². The van der Waals surface area contributed by atoms with Crippen LogP contribution in [0.5, 0.6) is 5.75 Å². The summed E-state index contributed by atoms with van der Waals surface area (Å²) >= 11 is 0. The fourth-order valence-electron chi connectivity index (χ4n) is 2.73. The number of hydrogen-bond donors (Lipinski definition) is 2. The largest absolute Gasteiger partial charge is 0.497 e. The molecule has 0 unspecified atom stereocenters. The number of rotatable bonds is 10. The maximum Gasteiger partial charge on any atom is 0.241 e. The third-order valence-corrected chi connectivity index (χ3v) is 4.64. The molecule has 0 spiro atoms. The third kappa shape index (κ3) is 9.91. The molecule has 0 atom stereocenters. The number of nitrogens with one attached hydrogen (secondary N) is 2. The van der Waals surface area contributed by atoms with Crippen LogP contribution in [0.25, 0.3) is 0 Å². The molecule has 2 aromatic carbocycles. The lowest BCUT2D eigenvalue weighted by atomic mass is 10.2. The van der Waals surface area contributed by atoms with E-state index in [9.17, 15) is 4.79 Å². The highest BCUT2D eigenvalue weighted by Gasteiger charge is 2.06. The average Bonchev–Trinajstić information content (AvgIpc) is 2.78. The summed E-state index contributed by atoms with van der Waals surface area (Å²) in [7, 11) is 7.22. The minimum absolute atomic E-state index is 0. The van der Waals surface area contributed by atoms with Crippen molar-refractivity contribution in [2.75, 3.05) is 52.8 Å². The van der Waals surface area contributed by atoms with E-state index in [1.165, 1.54) is 5.69 Å². The molecule has 0 aliphatic rings. The Labute approximate surface area is 202 Å². The van der Waals surface area contributed by atoms with E-state index in [0.717, 1.165) is 30.8 Å². The van der Waals surface area contributed by atoms with Crippen molar-refractivity contribution in [1.82, 2.24) is 15.5 Å². The first kappa shape index (κ1) is 26.5. The van der Waals surface area contributed by atoms with Crippen LogP contribution in [-0.4, -0.2) is 64.7 Å². The summed E-state index contributed by atoms with van der Waals surface area (Å²) in [6, 6.07) is 18.1. The molecule has 7 nitrogen and oxygen atoms in total. The van der Waals surface area contributed by atoms with Gasteiger partial charge in [0.15, 0.2) is 5.96 Å². The van der Waals surface area contributed by atoms with Crippen molar-refractivity contribution in [3.8, 4) is 5.75 Å². The van der Waals surface area contributed by atoms with Crippen molar-refractivity contribution < 1.29 is 9.53 Å². The Hall–Kier alpha value is -2.49. The van der Waals surface area contributed by atoms with Crippen molar-refractivity contribution in [3.63, 3.8) is 0 Å². The molecule has 2 aromatic rings. The number of nitrogens with zero attached hydrogens (tertiary/aromatic N) is 3. The van der Waals surface area contributed by atoms with Crippen LogP contribution in [0.3, 0.4) is 0 Å². The number of anilines is 1. The van der Waals surface area contributed by atoms with E-state index >= 15 is 0 Å². The lowest BCUT2D eigenvalue weighted by Gasteiger charge is -2.20. The maximum atomic E-state index is 11.9. The molecule has 31 heavy (non-hydrogen) atoms. The van der Waals surface area contributed by atoms with Crippen molar-refractivity contribution in [2.24, 2.45) is 4.99 Å². The van der Waals surface area contributed by atoms with Crippen LogP contribution in [0, 0.1) is 0 Å². The van der Waals surface area contributed by atoms with Gasteiger partial charge in [0, 0.05) is 39.9 Å². The lowest BCUT2D eigenvalue weighted by Crippen LogP contribution is -2.43. The molecule has 2 rings (SSSR count). The van der Waals surface area contributed by atoms with Gasteiger partial charge in [-0.15, -0.1) is 24.0 Å². The Balaban J connectivity index is 0.00000480. The molecule has 170 valence electrons. The zero-order valence-electron chi connectivity index (χ0n) is 18.8. The number of carbonyl (C=O) groups excluding carboxylic acids is 1. The molecule has 1 amide bonds. The second kappa shape index (κ2) is 14.5. The molecule has 8 heteroatoms. The van der Waals surface area contributed by atoms with Gasteiger partial charge in [-0.05, 0) is 36.2 Å². The number of aliphatic imine (C=N–C) groups is 1. The number of likely N-dealkylation sites (N-methyl/N-ethyl adjacent to an activating group) is 1. The zero-order chi connectivity index (χ0) is 21.8. The number of halogens is 1. The highest BCUT2D eigenvalue weighted by Crippen LogP contribution is 2.12. The predicted octanol–water partition coefficient (Wildman–Crippen LogP) is 2.96. The van der Waals surface area contributed by atoms with Crippen LogP contribution in [0.1, 0.15) is 12.0 Å². The molecular weight excluding hydrogens is 505 g/mol. The highest BCUT2D eigenvalue weighted by atomic mass is 127. The van der Waals surface area contributed by atoms with E-state index in [1.54, 1.807) is 26.1 Å². The predicted molar refractivity (Wildman–Crippen MR) is 139 cm³/mol. The number of benzene rings is 2. The summed E-state index contributed by atoms with van der Waals surface area (Å²) in [5.41, 5.74) is 2.26. The molecule has 2 N–H and O–H groups in total. The average molecular weight is 539 g/mol. The van der Waals surface area contributed by atoms with Gasteiger partial charge in [0.05, 0.1) is 20.2 Å². The van der Waals surface area contributed by atoms with Gasteiger partial charge in [-0.1, -0.05) is 30.3 Å². The number of carbonyl (C=O) groups is 1. The van der Waals surface area contributed by atoms with E-state index in [0.29, 0.717) is 12.5 Å². The maximum absolute atomic E-state index is 11.9. The van der Waals surface area contributed by atoms with Crippen molar-refractivity contribution in [1.29, 1.82) is 0 Å². The molecule has 0 radical (unpaired) electrons. The number of hydrogen-bond acceptors (Lipinski definition) is 4. The Morgan fingerprint density at radius 1 is 1.00 bits per heavy atom. The summed E-state index contributed by atoms with van der Waals surface area (Å²) in [6.07, 6.45) is 0.941. The monoisotopic (exact) mass is 539 g/mol. The summed E-state index contributed by atoms with van der Waals surface area (Å²) in [6.45, 7) is 2.38. The number of guanidine groups is 1. The van der Waals surface area contributed by atoms with Crippen LogP contribution >= 0.6 is 24.0 Å². The molecule has 0 saturated heterocycles. The van der Waals surface area contributed by atoms with E-state index in [1.807, 2.05) is 42.5 Å². The number of ether oxygens (including phenoxy) is 1. The Morgan fingerprint density at radius 2 is 1.68 bits per heavy atom. The number of methoxy groups -OCH3 is 1. The molecular formula is C23H34IN5O2. The summed E-state index contributed by atoms with van der Waals surface area (Å²) in [5.74, 6) is 1.44. The van der Waals surface area contributed by atoms with Gasteiger partial charge < -0.3 is 25.2 Å². The van der Waals surface area contributed by atoms with E-state index in [4.69, 9.17) is 4.74 Å². The van der Waals surface area contributed by atoms with Crippen LogP contribution in [0.4, 0.5) is 5.69 Å². The van der Waals surface area contributed by atoms with Crippen LogP contribution in [0.2, 0.25) is 0 Å². The number of amides is 1. The van der Waals surface area contributed by atoms with E-state index in [-0.39, 0.29) is 36.4 Å². The van der Waals surface area contributed by atoms with Gasteiger partial charge in [0.1, 0.15) is 5.75 Å². The van der Waals surface area contributed by atoms with Gasteiger partial charge in [0.2, 0.25) is 5.91 Å². The van der Waals surface area contributed by atoms with Crippen molar-refractivity contribution in [3.05, 3.63) is 60.2 Å². The van der Waals surface area contributed by atoms with Crippen LogP contribution in [-0.2, 0) is 11.3 Å². The molecule has 0 fully saturated rings. The Kier molecular flexibility index (Phi) is 12.4. The topological polar surface area (TPSA) is 69.2 Å². The fourth-order valence-corrected chi connectivity index (χ4v) is 2.73. The minimum atomic E-state index is -0.00208. The van der Waals surface area contributed by atoms with Crippen molar-refractivity contribution >= 4 is 41.5 Å². The molecule has 0 saturated carbocycles. The fraction of sp³-hybridized carbons (Fsp3) is 0.391. The Bertz CT molecular complexity index is 797. The van der Waals surface area contributed by atoms with E-state index in [2.05, 4.69) is 39.7 Å². The molecule has 0 aliphatic carbocycles. The van der Waals surface area contributed by atoms with Crippen molar-refractivity contribution in [2.45, 2.75) is 13.0 Å². The first-order valence-corrected chi connectivity index (χ1v) is 10.1. The smallest absolute Gasteiger partial charge is 0.241 e. The van der Waals surface area contributed by atoms with Gasteiger partial charge >= 0.3 is 0 Å². The minimum Gasteiger partial charge on any atom is -0.497 e. The molecule has 0 aromatic heterocycles. The summed E-state index contributed by atoms with van der Waals surface area (Å²) in [4.78, 5) is 20.3. The highest BCUT2D eigenvalue weighted by molar-refractivity contribution is 14.0. The second-order valence-electron chi connectivity index (χ2n) is 7.19. The first-order valence-electron chi connectivity index (χ1n) is 10.1. The lowest BCUT2D eigenvalue weighted by molar-refractivity contribution is -0.127. The van der Waals surface area contributed by atoms with Gasteiger partial charge in [-0.25, -0.2) is 4.99 Å². The molecule has 0 bridgehead atoms. The second-order valence-corrected chi connectivity index (χ2v) is 7.19. The third-order valence-electron chi connectivity index (χ3n) is 4.64. The summed E-state index contributed by atoms with van der Waals surface area (Å²) in [5, 5.41) is 6.45. The molecule has 0 aliphatic heterocycles. The molecule has 0 heterocycles. The van der Waals surface area contributed by atoms with Gasteiger partial charge in [0.25, 0.3) is 0 Å². The first-order chi connectivity index (χ1) is 14.5. The van der Waals surface area contributed by atoms with E-state index < -0.39 is 0 Å².